The lowest BCUT2D eigenvalue weighted by molar-refractivity contribution is 0.0525. The van der Waals surface area contributed by atoms with Crippen LogP contribution in [0, 0.1) is 18.3 Å². The molecule has 2 heterocycles. The predicted molar refractivity (Wildman–Crippen MR) is 70.6 cm³/mol. The minimum absolute atomic E-state index is 0.289. The van der Waals surface area contributed by atoms with E-state index in [0.29, 0.717) is 5.56 Å². The van der Waals surface area contributed by atoms with Crippen molar-refractivity contribution in [3.63, 3.8) is 0 Å². The van der Waals surface area contributed by atoms with Crippen LogP contribution in [0.1, 0.15) is 31.0 Å². The lowest BCUT2D eigenvalue weighted by Gasteiger charge is -2.33. The van der Waals surface area contributed by atoms with Gasteiger partial charge in [-0.25, -0.2) is 4.98 Å². The number of hydrogen-bond acceptors (Lipinski definition) is 4. The van der Waals surface area contributed by atoms with Gasteiger partial charge in [0.1, 0.15) is 5.82 Å². The van der Waals surface area contributed by atoms with Crippen molar-refractivity contribution in [2.24, 2.45) is 0 Å². The van der Waals surface area contributed by atoms with Gasteiger partial charge in [0.25, 0.3) is 0 Å². The van der Waals surface area contributed by atoms with E-state index < -0.39 is 0 Å². The summed E-state index contributed by atoms with van der Waals surface area (Å²) in [5.74, 6) is 0.899. The van der Waals surface area contributed by atoms with Crippen LogP contribution in [-0.4, -0.2) is 30.8 Å². The van der Waals surface area contributed by atoms with Crippen LogP contribution in [0.3, 0.4) is 0 Å². The van der Waals surface area contributed by atoms with Crippen LogP contribution in [0.4, 0.5) is 5.82 Å². The van der Waals surface area contributed by atoms with Crippen LogP contribution in [0.15, 0.2) is 12.1 Å². The molecule has 0 saturated carbocycles. The smallest absolute Gasteiger partial charge is 0.130 e. The Bertz CT molecular complexity index is 451. The van der Waals surface area contributed by atoms with E-state index in [1.54, 1.807) is 0 Å². The van der Waals surface area contributed by atoms with Crippen LogP contribution >= 0.6 is 0 Å². The Labute approximate surface area is 108 Å². The number of nitriles is 1. The van der Waals surface area contributed by atoms with Crippen molar-refractivity contribution < 1.29 is 4.74 Å². The predicted octanol–water partition coefficient (Wildman–Crippen LogP) is 2.27. The van der Waals surface area contributed by atoms with Gasteiger partial charge in [-0.15, -0.1) is 0 Å². The van der Waals surface area contributed by atoms with Crippen molar-refractivity contribution in [3.05, 3.63) is 23.4 Å². The molecule has 0 aromatic carbocycles. The topological polar surface area (TPSA) is 49.1 Å². The third-order valence-electron chi connectivity index (χ3n) is 3.17. The van der Waals surface area contributed by atoms with Crippen LogP contribution in [0.5, 0.6) is 0 Å². The molecule has 4 nitrogen and oxygen atoms in total. The first-order chi connectivity index (χ1) is 8.72. The number of aromatic nitrogens is 1. The van der Waals surface area contributed by atoms with E-state index in [-0.39, 0.29) is 6.10 Å². The van der Waals surface area contributed by atoms with E-state index in [1.165, 1.54) is 0 Å². The summed E-state index contributed by atoms with van der Waals surface area (Å²) in [7, 11) is 0. The second-order valence-corrected chi connectivity index (χ2v) is 4.63. The van der Waals surface area contributed by atoms with Gasteiger partial charge in [-0.3, -0.25) is 0 Å². The van der Waals surface area contributed by atoms with Crippen molar-refractivity contribution in [1.82, 2.24) is 4.98 Å². The number of piperidine rings is 1. The molecule has 18 heavy (non-hydrogen) atoms. The Morgan fingerprint density at radius 3 is 3.11 bits per heavy atom. The molecule has 1 aliphatic rings. The number of nitrogens with zero attached hydrogens (tertiary/aromatic N) is 3. The van der Waals surface area contributed by atoms with Gasteiger partial charge < -0.3 is 9.64 Å². The largest absolute Gasteiger partial charge is 0.377 e. The molecule has 1 fully saturated rings. The van der Waals surface area contributed by atoms with E-state index in [0.717, 1.165) is 44.0 Å². The normalized spacial score (nSPS) is 19.6. The maximum Gasteiger partial charge on any atom is 0.130 e. The number of ether oxygens (including phenoxy) is 1. The van der Waals surface area contributed by atoms with Gasteiger partial charge in [0.15, 0.2) is 0 Å². The summed E-state index contributed by atoms with van der Waals surface area (Å²) < 4.78 is 5.69. The molecule has 1 unspecified atom stereocenters. The maximum absolute atomic E-state index is 9.00. The number of pyridine rings is 1. The zero-order chi connectivity index (χ0) is 13.0. The molecule has 1 aliphatic heterocycles. The molecular weight excluding hydrogens is 226 g/mol. The van der Waals surface area contributed by atoms with Gasteiger partial charge in [-0.05, 0) is 38.8 Å². The molecular formula is C14H19N3O. The van der Waals surface area contributed by atoms with Crippen molar-refractivity contribution >= 4 is 5.82 Å². The van der Waals surface area contributed by atoms with Gasteiger partial charge >= 0.3 is 0 Å². The Morgan fingerprint density at radius 1 is 1.56 bits per heavy atom. The second-order valence-electron chi connectivity index (χ2n) is 4.63. The number of rotatable bonds is 3. The van der Waals surface area contributed by atoms with Gasteiger partial charge in [-0.2, -0.15) is 5.26 Å². The summed E-state index contributed by atoms with van der Waals surface area (Å²) in [6.07, 6.45) is 2.51. The minimum Gasteiger partial charge on any atom is -0.377 e. The SMILES string of the molecule is CCOC1CCCN(c2cc(C#N)cc(C)n2)C1. The summed E-state index contributed by atoms with van der Waals surface area (Å²) >= 11 is 0. The van der Waals surface area contributed by atoms with Crippen molar-refractivity contribution in [1.29, 1.82) is 5.26 Å². The molecule has 0 radical (unpaired) electrons. The Morgan fingerprint density at radius 2 is 2.39 bits per heavy atom. The standard InChI is InChI=1S/C14H19N3O/c1-3-18-13-5-4-6-17(10-13)14-8-12(9-15)7-11(2)16-14/h7-8,13H,3-6,10H2,1-2H3. The summed E-state index contributed by atoms with van der Waals surface area (Å²) in [5, 5.41) is 9.00. The lowest BCUT2D eigenvalue weighted by atomic mass is 10.1. The third kappa shape index (κ3) is 2.99. The Kier molecular flexibility index (Phi) is 4.16. The summed E-state index contributed by atoms with van der Waals surface area (Å²) in [5.41, 5.74) is 1.57. The van der Waals surface area contributed by atoms with E-state index in [2.05, 4.69) is 16.0 Å². The number of aryl methyl sites for hydroxylation is 1. The molecule has 0 spiro atoms. The van der Waals surface area contributed by atoms with E-state index in [4.69, 9.17) is 10.00 Å². The first-order valence-corrected chi connectivity index (χ1v) is 6.48. The Balaban J connectivity index is 2.15. The first-order valence-electron chi connectivity index (χ1n) is 6.48. The van der Waals surface area contributed by atoms with Crippen LogP contribution < -0.4 is 4.90 Å². The fourth-order valence-electron chi connectivity index (χ4n) is 2.40. The summed E-state index contributed by atoms with van der Waals surface area (Å²) in [6, 6.07) is 5.86. The molecule has 2 rings (SSSR count). The fraction of sp³-hybridized carbons (Fsp3) is 0.571. The second kappa shape index (κ2) is 5.83. The molecule has 1 atom stereocenters. The quantitative estimate of drug-likeness (QED) is 0.819. The highest BCUT2D eigenvalue weighted by Gasteiger charge is 2.21. The maximum atomic E-state index is 9.00. The van der Waals surface area contributed by atoms with Gasteiger partial charge in [0.05, 0.1) is 17.7 Å². The molecule has 0 amide bonds. The number of hydrogen-bond donors (Lipinski definition) is 0. The Hall–Kier alpha value is -1.60. The molecule has 96 valence electrons. The highest BCUT2D eigenvalue weighted by atomic mass is 16.5. The van der Waals surface area contributed by atoms with Gasteiger partial charge in [-0.1, -0.05) is 0 Å². The minimum atomic E-state index is 0.289. The molecule has 0 bridgehead atoms. The zero-order valence-corrected chi connectivity index (χ0v) is 11.0. The molecule has 4 heteroatoms. The summed E-state index contributed by atoms with van der Waals surface area (Å²) in [6.45, 7) is 6.56. The highest BCUT2D eigenvalue weighted by molar-refractivity contribution is 5.47. The van der Waals surface area contributed by atoms with Crippen molar-refractivity contribution in [2.45, 2.75) is 32.8 Å². The average Bonchev–Trinajstić information content (AvgIpc) is 2.39. The first kappa shape index (κ1) is 12.8. The average molecular weight is 245 g/mol. The van der Waals surface area contributed by atoms with E-state index in [1.807, 2.05) is 26.0 Å². The van der Waals surface area contributed by atoms with Crippen molar-refractivity contribution in [3.8, 4) is 6.07 Å². The van der Waals surface area contributed by atoms with Crippen LogP contribution in [0.25, 0.3) is 0 Å². The molecule has 1 aromatic rings. The van der Waals surface area contributed by atoms with Gasteiger partial charge in [0.2, 0.25) is 0 Å². The molecule has 0 N–H and O–H groups in total. The number of anilines is 1. The highest BCUT2D eigenvalue weighted by Crippen LogP contribution is 2.21. The zero-order valence-electron chi connectivity index (χ0n) is 11.0. The monoisotopic (exact) mass is 245 g/mol. The van der Waals surface area contributed by atoms with Gasteiger partial charge in [0, 0.05) is 25.4 Å². The molecule has 1 saturated heterocycles. The van der Waals surface area contributed by atoms with E-state index in [9.17, 15) is 0 Å². The third-order valence-corrected chi connectivity index (χ3v) is 3.17. The van der Waals surface area contributed by atoms with Crippen molar-refractivity contribution in [2.75, 3.05) is 24.6 Å². The van der Waals surface area contributed by atoms with Crippen LogP contribution in [0.2, 0.25) is 0 Å². The van der Waals surface area contributed by atoms with E-state index >= 15 is 0 Å². The lowest BCUT2D eigenvalue weighted by Crippen LogP contribution is -2.40. The fourth-order valence-corrected chi connectivity index (χ4v) is 2.40. The molecule has 1 aromatic heterocycles. The molecule has 0 aliphatic carbocycles. The van der Waals surface area contributed by atoms with Crippen LogP contribution in [-0.2, 0) is 4.74 Å². The summed E-state index contributed by atoms with van der Waals surface area (Å²) in [4.78, 5) is 6.74.